The van der Waals surface area contributed by atoms with Crippen molar-refractivity contribution < 1.29 is 14.7 Å². The topological polar surface area (TPSA) is 92.4 Å². The van der Waals surface area contributed by atoms with E-state index in [4.69, 9.17) is 10.8 Å². The molecule has 0 aromatic carbocycles. The molecule has 0 saturated heterocycles. The van der Waals surface area contributed by atoms with Crippen LogP contribution in [0.2, 0.25) is 0 Å². The third kappa shape index (κ3) is 6.94. The molecule has 0 radical (unpaired) electrons. The quantitative estimate of drug-likeness (QED) is 0.596. The van der Waals surface area contributed by atoms with Crippen molar-refractivity contribution in [1.29, 1.82) is 0 Å². The Balaban J connectivity index is 4.09. The molecule has 5 heteroatoms. The van der Waals surface area contributed by atoms with E-state index in [1.165, 1.54) is 0 Å². The Bertz CT molecular complexity index is 254. The first-order valence-corrected chi connectivity index (χ1v) is 6.16. The molecule has 0 aromatic rings. The van der Waals surface area contributed by atoms with Crippen LogP contribution in [0.4, 0.5) is 0 Å². The number of carboxylic acid groups (broad SMARTS) is 1. The molecule has 0 aliphatic rings. The molecule has 0 fully saturated rings. The Labute approximate surface area is 103 Å². The number of amides is 1. The number of aliphatic carboxylic acids is 1. The minimum absolute atomic E-state index is 0.0649. The summed E-state index contributed by atoms with van der Waals surface area (Å²) in [5, 5.41) is 11.6. The molecule has 3 atom stereocenters. The molecular weight excluding hydrogens is 220 g/mol. The average molecular weight is 244 g/mol. The number of rotatable bonds is 8. The van der Waals surface area contributed by atoms with E-state index >= 15 is 0 Å². The normalized spacial score (nSPS) is 16.0. The summed E-state index contributed by atoms with van der Waals surface area (Å²) in [6.07, 6.45) is 2.52. The molecule has 0 spiro atoms. The van der Waals surface area contributed by atoms with Crippen molar-refractivity contribution in [2.75, 3.05) is 0 Å². The maximum Gasteiger partial charge on any atom is 0.326 e. The van der Waals surface area contributed by atoms with Crippen LogP contribution < -0.4 is 11.1 Å². The summed E-state index contributed by atoms with van der Waals surface area (Å²) >= 11 is 0. The Hall–Kier alpha value is -1.10. The van der Waals surface area contributed by atoms with E-state index in [9.17, 15) is 9.59 Å². The van der Waals surface area contributed by atoms with Gasteiger partial charge in [-0.25, -0.2) is 4.79 Å². The second-order valence-electron chi connectivity index (χ2n) is 4.64. The molecule has 0 heterocycles. The van der Waals surface area contributed by atoms with Crippen LogP contribution in [0.3, 0.4) is 0 Å². The van der Waals surface area contributed by atoms with Gasteiger partial charge < -0.3 is 16.2 Å². The highest BCUT2D eigenvalue weighted by Crippen LogP contribution is 2.08. The van der Waals surface area contributed by atoms with E-state index in [0.29, 0.717) is 12.8 Å². The first-order valence-electron chi connectivity index (χ1n) is 6.16. The minimum Gasteiger partial charge on any atom is -0.480 e. The zero-order chi connectivity index (χ0) is 13.4. The van der Waals surface area contributed by atoms with Crippen LogP contribution in [-0.4, -0.2) is 29.1 Å². The van der Waals surface area contributed by atoms with Crippen LogP contribution in [-0.2, 0) is 9.59 Å². The minimum atomic E-state index is -0.972. The van der Waals surface area contributed by atoms with Crippen molar-refractivity contribution in [3.8, 4) is 0 Å². The van der Waals surface area contributed by atoms with E-state index in [2.05, 4.69) is 5.32 Å². The lowest BCUT2D eigenvalue weighted by Crippen LogP contribution is -2.45. The van der Waals surface area contributed by atoms with Crippen LogP contribution in [0.1, 0.15) is 46.5 Å². The summed E-state index contributed by atoms with van der Waals surface area (Å²) in [6, 6.07) is -0.713. The number of hydrogen-bond acceptors (Lipinski definition) is 3. The number of carboxylic acids is 1. The molecule has 17 heavy (non-hydrogen) atoms. The Morgan fingerprint density at radius 3 is 2.35 bits per heavy atom. The van der Waals surface area contributed by atoms with Crippen molar-refractivity contribution in [2.24, 2.45) is 11.7 Å². The summed E-state index contributed by atoms with van der Waals surface area (Å²) in [6.45, 7) is 5.61. The van der Waals surface area contributed by atoms with Crippen LogP contribution in [0.15, 0.2) is 0 Å². The lowest BCUT2D eigenvalue weighted by atomic mass is 9.99. The highest BCUT2D eigenvalue weighted by molar-refractivity contribution is 5.83. The van der Waals surface area contributed by atoms with Gasteiger partial charge in [0.15, 0.2) is 0 Å². The van der Waals surface area contributed by atoms with Gasteiger partial charge in [-0.3, -0.25) is 4.79 Å². The predicted octanol–water partition coefficient (Wildman–Crippen LogP) is 1.12. The van der Waals surface area contributed by atoms with Crippen LogP contribution in [0.5, 0.6) is 0 Å². The van der Waals surface area contributed by atoms with Gasteiger partial charge in [0.25, 0.3) is 0 Å². The van der Waals surface area contributed by atoms with Crippen molar-refractivity contribution in [1.82, 2.24) is 5.32 Å². The molecule has 0 aromatic heterocycles. The first-order chi connectivity index (χ1) is 7.88. The van der Waals surface area contributed by atoms with E-state index in [1.54, 1.807) is 0 Å². The van der Waals surface area contributed by atoms with Crippen LogP contribution in [0.25, 0.3) is 0 Å². The van der Waals surface area contributed by atoms with Gasteiger partial charge in [-0.15, -0.1) is 0 Å². The summed E-state index contributed by atoms with van der Waals surface area (Å²) in [5.41, 5.74) is 5.57. The maximum absolute atomic E-state index is 11.5. The predicted molar refractivity (Wildman–Crippen MR) is 66.5 cm³/mol. The molecular formula is C12H24N2O3. The number of carbonyl (C=O) groups excluding carboxylic acids is 1. The number of nitrogens with one attached hydrogen (secondary N) is 1. The zero-order valence-electron chi connectivity index (χ0n) is 10.9. The van der Waals surface area contributed by atoms with Gasteiger partial charge in [0.2, 0.25) is 5.91 Å². The van der Waals surface area contributed by atoms with Gasteiger partial charge in [-0.1, -0.05) is 20.3 Å². The largest absolute Gasteiger partial charge is 0.480 e. The van der Waals surface area contributed by atoms with Gasteiger partial charge in [0.05, 0.1) is 0 Å². The highest BCUT2D eigenvalue weighted by atomic mass is 16.4. The number of hydrogen-bond donors (Lipinski definition) is 3. The molecule has 0 saturated carbocycles. The molecule has 100 valence electrons. The Morgan fingerprint density at radius 1 is 1.35 bits per heavy atom. The van der Waals surface area contributed by atoms with Gasteiger partial charge in [0.1, 0.15) is 6.04 Å². The molecule has 3 unspecified atom stereocenters. The standard InChI is InChI=1S/C12H24N2O3/c1-4-8(2)11(12(16)17)14-10(15)7-5-6-9(3)13/h8-9,11H,4-7,13H2,1-3H3,(H,14,15)(H,16,17). The number of carbonyl (C=O) groups is 2. The average Bonchev–Trinajstić information content (AvgIpc) is 2.24. The van der Waals surface area contributed by atoms with Crippen molar-refractivity contribution >= 4 is 11.9 Å². The third-order valence-corrected chi connectivity index (χ3v) is 2.86. The zero-order valence-corrected chi connectivity index (χ0v) is 10.9. The van der Waals surface area contributed by atoms with E-state index in [1.807, 2.05) is 20.8 Å². The second-order valence-corrected chi connectivity index (χ2v) is 4.64. The SMILES string of the molecule is CCC(C)C(NC(=O)CCCC(C)N)C(=O)O. The maximum atomic E-state index is 11.5. The molecule has 0 aliphatic heterocycles. The molecule has 1 amide bonds. The van der Waals surface area contributed by atoms with E-state index < -0.39 is 12.0 Å². The van der Waals surface area contributed by atoms with E-state index in [0.717, 1.165) is 12.8 Å². The Morgan fingerprint density at radius 2 is 1.94 bits per heavy atom. The summed E-state index contributed by atoms with van der Waals surface area (Å²) < 4.78 is 0. The lowest BCUT2D eigenvalue weighted by molar-refractivity contribution is -0.143. The molecule has 0 rings (SSSR count). The van der Waals surface area contributed by atoms with Gasteiger partial charge in [-0.2, -0.15) is 0 Å². The fraction of sp³-hybridized carbons (Fsp3) is 0.833. The van der Waals surface area contributed by atoms with Gasteiger partial charge >= 0.3 is 5.97 Å². The lowest BCUT2D eigenvalue weighted by Gasteiger charge is -2.20. The first kappa shape index (κ1) is 15.9. The van der Waals surface area contributed by atoms with Crippen molar-refractivity contribution in [3.63, 3.8) is 0 Å². The van der Waals surface area contributed by atoms with E-state index in [-0.39, 0.29) is 17.9 Å². The number of nitrogens with two attached hydrogens (primary N) is 1. The van der Waals surface area contributed by atoms with Gasteiger partial charge in [0, 0.05) is 12.5 Å². The smallest absolute Gasteiger partial charge is 0.326 e. The molecule has 5 nitrogen and oxygen atoms in total. The van der Waals surface area contributed by atoms with Crippen LogP contribution in [0, 0.1) is 5.92 Å². The van der Waals surface area contributed by atoms with Crippen LogP contribution >= 0.6 is 0 Å². The fourth-order valence-electron chi connectivity index (χ4n) is 1.51. The summed E-state index contributed by atoms with van der Waals surface area (Å²) in [5.74, 6) is -1.25. The summed E-state index contributed by atoms with van der Waals surface area (Å²) in [4.78, 5) is 22.5. The fourth-order valence-corrected chi connectivity index (χ4v) is 1.51. The molecule has 0 bridgehead atoms. The van der Waals surface area contributed by atoms with Crippen molar-refractivity contribution in [3.05, 3.63) is 0 Å². The molecule has 0 aliphatic carbocycles. The Kier molecular flexibility index (Phi) is 7.54. The van der Waals surface area contributed by atoms with Crippen molar-refractivity contribution in [2.45, 2.75) is 58.5 Å². The summed E-state index contributed by atoms with van der Waals surface area (Å²) in [7, 11) is 0. The van der Waals surface area contributed by atoms with Gasteiger partial charge in [-0.05, 0) is 25.7 Å². The monoisotopic (exact) mass is 244 g/mol. The highest BCUT2D eigenvalue weighted by Gasteiger charge is 2.24. The molecule has 4 N–H and O–H groups in total. The third-order valence-electron chi connectivity index (χ3n) is 2.86. The second kappa shape index (κ2) is 8.06.